The molecule has 3 rings (SSSR count). The third-order valence-electron chi connectivity index (χ3n) is 4.77. The molecule has 150 valence electrons. The number of benzene rings is 2. The molecule has 0 radical (unpaired) electrons. The number of para-hydroxylation sites is 1. The number of nitrogens with zero attached hydrogens (tertiary/aromatic N) is 2. The van der Waals surface area contributed by atoms with Crippen molar-refractivity contribution in [3.63, 3.8) is 0 Å². The van der Waals surface area contributed by atoms with Crippen molar-refractivity contribution in [2.75, 3.05) is 44.2 Å². The normalized spacial score (nSPS) is 14.9. The number of alkyl halides is 2. The first-order chi connectivity index (χ1) is 13.6. The van der Waals surface area contributed by atoms with E-state index in [4.69, 9.17) is 0 Å². The predicted molar refractivity (Wildman–Crippen MR) is 105 cm³/mol. The molecule has 0 unspecified atom stereocenters. The monoisotopic (exact) mass is 389 g/mol. The zero-order valence-electron chi connectivity index (χ0n) is 15.7. The second-order valence-electron chi connectivity index (χ2n) is 6.68. The van der Waals surface area contributed by atoms with E-state index in [2.05, 4.69) is 44.1 Å². The Labute approximate surface area is 163 Å². The van der Waals surface area contributed by atoms with Crippen LogP contribution in [0.1, 0.15) is 16.8 Å². The molecule has 0 saturated carbocycles. The minimum atomic E-state index is -2.87. The Morgan fingerprint density at radius 1 is 1.00 bits per heavy atom. The number of amides is 1. The maximum atomic E-state index is 12.1. The molecule has 0 aliphatic carbocycles. The number of carbonyl (C=O) groups excluding carboxylic acids is 1. The molecule has 1 saturated heterocycles. The summed E-state index contributed by atoms with van der Waals surface area (Å²) >= 11 is 0. The highest BCUT2D eigenvalue weighted by Crippen LogP contribution is 2.16. The van der Waals surface area contributed by atoms with Crippen LogP contribution in [-0.4, -0.2) is 56.7 Å². The lowest BCUT2D eigenvalue weighted by atomic mass is 10.2. The fourth-order valence-electron chi connectivity index (χ4n) is 3.26. The van der Waals surface area contributed by atoms with Crippen LogP contribution in [-0.2, 0) is 0 Å². The van der Waals surface area contributed by atoms with Gasteiger partial charge in [-0.3, -0.25) is 9.69 Å². The number of hydrogen-bond donors (Lipinski definition) is 1. The minimum absolute atomic E-state index is 0.0428. The number of piperazine rings is 1. The number of halogens is 2. The van der Waals surface area contributed by atoms with Gasteiger partial charge >= 0.3 is 6.61 Å². The number of nitrogens with one attached hydrogen (secondary N) is 1. The van der Waals surface area contributed by atoms with Crippen molar-refractivity contribution in [2.45, 2.75) is 13.0 Å². The van der Waals surface area contributed by atoms with E-state index in [9.17, 15) is 13.6 Å². The Morgan fingerprint density at radius 2 is 1.68 bits per heavy atom. The minimum Gasteiger partial charge on any atom is -0.435 e. The van der Waals surface area contributed by atoms with Crippen LogP contribution in [0.25, 0.3) is 0 Å². The van der Waals surface area contributed by atoms with E-state index in [-0.39, 0.29) is 11.7 Å². The van der Waals surface area contributed by atoms with Crippen LogP contribution in [0.2, 0.25) is 0 Å². The van der Waals surface area contributed by atoms with Gasteiger partial charge in [-0.2, -0.15) is 8.78 Å². The third kappa shape index (κ3) is 5.92. The zero-order chi connectivity index (χ0) is 19.8. The lowest BCUT2D eigenvalue weighted by Gasteiger charge is -2.36. The summed E-state index contributed by atoms with van der Waals surface area (Å²) in [7, 11) is 0. The summed E-state index contributed by atoms with van der Waals surface area (Å²) in [6.07, 6.45) is 0.865. The van der Waals surface area contributed by atoms with Gasteiger partial charge in [0.05, 0.1) is 0 Å². The van der Waals surface area contributed by atoms with Gasteiger partial charge in [-0.05, 0) is 49.4 Å². The van der Waals surface area contributed by atoms with Crippen LogP contribution in [0.3, 0.4) is 0 Å². The summed E-state index contributed by atoms with van der Waals surface area (Å²) < 4.78 is 28.6. The molecule has 1 aliphatic heterocycles. The molecule has 2 aromatic carbocycles. The standard InChI is InChI=1S/C21H25F2N3O2/c22-21(23)28-19-9-7-17(8-10-19)20(27)24-11-4-12-25-13-15-26(16-14-25)18-5-2-1-3-6-18/h1-3,5-10,21H,4,11-16H2,(H,24,27). The van der Waals surface area contributed by atoms with Gasteiger partial charge in [0.25, 0.3) is 5.91 Å². The molecule has 2 aromatic rings. The van der Waals surface area contributed by atoms with Gasteiger partial charge in [-0.1, -0.05) is 18.2 Å². The van der Waals surface area contributed by atoms with Crippen LogP contribution in [0.5, 0.6) is 5.75 Å². The van der Waals surface area contributed by atoms with E-state index in [1.165, 1.54) is 30.0 Å². The van der Waals surface area contributed by atoms with Gasteiger partial charge in [-0.25, -0.2) is 0 Å². The number of carbonyl (C=O) groups is 1. The molecule has 1 aliphatic rings. The third-order valence-corrected chi connectivity index (χ3v) is 4.77. The Balaban J connectivity index is 1.33. The zero-order valence-corrected chi connectivity index (χ0v) is 15.7. The highest BCUT2D eigenvalue weighted by atomic mass is 19.3. The van der Waals surface area contributed by atoms with Crippen LogP contribution in [0, 0.1) is 0 Å². The fraction of sp³-hybridized carbons (Fsp3) is 0.381. The Morgan fingerprint density at radius 3 is 2.32 bits per heavy atom. The van der Waals surface area contributed by atoms with Crippen LogP contribution in [0.4, 0.5) is 14.5 Å². The van der Waals surface area contributed by atoms with E-state index < -0.39 is 6.61 Å². The molecule has 5 nitrogen and oxygen atoms in total. The molecular formula is C21H25F2N3O2. The van der Waals surface area contributed by atoms with Crippen LogP contribution >= 0.6 is 0 Å². The summed E-state index contributed by atoms with van der Waals surface area (Å²) in [4.78, 5) is 16.9. The molecule has 0 aromatic heterocycles. The molecule has 1 heterocycles. The highest BCUT2D eigenvalue weighted by Gasteiger charge is 2.16. The second-order valence-corrected chi connectivity index (χ2v) is 6.68. The number of rotatable bonds is 8. The summed E-state index contributed by atoms with van der Waals surface area (Å²) in [6.45, 7) is 2.67. The molecule has 28 heavy (non-hydrogen) atoms. The van der Waals surface area contributed by atoms with Crippen molar-refractivity contribution < 1.29 is 18.3 Å². The fourth-order valence-corrected chi connectivity index (χ4v) is 3.26. The van der Waals surface area contributed by atoms with Crippen molar-refractivity contribution >= 4 is 11.6 Å². The summed E-state index contributed by atoms with van der Waals surface area (Å²) in [5, 5.41) is 2.87. The number of hydrogen-bond acceptors (Lipinski definition) is 4. The largest absolute Gasteiger partial charge is 0.435 e. The lowest BCUT2D eigenvalue weighted by Crippen LogP contribution is -2.47. The lowest BCUT2D eigenvalue weighted by molar-refractivity contribution is -0.0498. The summed E-state index contributed by atoms with van der Waals surface area (Å²) in [5.41, 5.74) is 1.69. The summed E-state index contributed by atoms with van der Waals surface area (Å²) in [5.74, 6) is -0.168. The average Bonchev–Trinajstić information content (AvgIpc) is 2.72. The average molecular weight is 389 g/mol. The first kappa shape index (κ1) is 20.1. The van der Waals surface area contributed by atoms with Gasteiger partial charge in [0.15, 0.2) is 0 Å². The summed E-state index contributed by atoms with van der Waals surface area (Å²) in [6, 6.07) is 16.1. The SMILES string of the molecule is O=C(NCCCN1CCN(c2ccccc2)CC1)c1ccc(OC(F)F)cc1. The molecule has 7 heteroatoms. The van der Waals surface area contributed by atoms with Gasteiger partial charge in [0.2, 0.25) is 0 Å². The van der Waals surface area contributed by atoms with Gasteiger partial charge in [0.1, 0.15) is 5.75 Å². The van der Waals surface area contributed by atoms with E-state index in [1.807, 2.05) is 6.07 Å². The van der Waals surface area contributed by atoms with Crippen LogP contribution < -0.4 is 15.0 Å². The van der Waals surface area contributed by atoms with E-state index in [0.717, 1.165) is 39.1 Å². The topological polar surface area (TPSA) is 44.8 Å². The quantitative estimate of drug-likeness (QED) is 0.704. The maximum Gasteiger partial charge on any atom is 0.387 e. The van der Waals surface area contributed by atoms with Crippen molar-refractivity contribution in [3.8, 4) is 5.75 Å². The molecule has 1 fully saturated rings. The first-order valence-corrected chi connectivity index (χ1v) is 9.47. The molecule has 1 amide bonds. The molecule has 0 bridgehead atoms. The highest BCUT2D eigenvalue weighted by molar-refractivity contribution is 5.94. The number of ether oxygens (including phenoxy) is 1. The smallest absolute Gasteiger partial charge is 0.387 e. The Hall–Kier alpha value is -2.67. The van der Waals surface area contributed by atoms with Gasteiger partial charge in [0, 0.05) is 44.0 Å². The Kier molecular flexibility index (Phi) is 7.19. The van der Waals surface area contributed by atoms with E-state index in [0.29, 0.717) is 12.1 Å². The molecule has 1 N–H and O–H groups in total. The van der Waals surface area contributed by atoms with Gasteiger partial charge in [-0.15, -0.1) is 0 Å². The first-order valence-electron chi connectivity index (χ1n) is 9.47. The van der Waals surface area contributed by atoms with Crippen molar-refractivity contribution in [3.05, 3.63) is 60.2 Å². The van der Waals surface area contributed by atoms with Crippen molar-refractivity contribution in [2.24, 2.45) is 0 Å². The van der Waals surface area contributed by atoms with Gasteiger partial charge < -0.3 is 15.0 Å². The number of anilines is 1. The Bertz CT molecular complexity index is 733. The van der Waals surface area contributed by atoms with Crippen molar-refractivity contribution in [1.82, 2.24) is 10.2 Å². The molecule has 0 spiro atoms. The molecule has 0 atom stereocenters. The second kappa shape index (κ2) is 10.0. The van der Waals surface area contributed by atoms with Crippen molar-refractivity contribution in [1.29, 1.82) is 0 Å². The maximum absolute atomic E-state index is 12.1. The predicted octanol–water partition coefficient (Wildman–Crippen LogP) is 3.23. The van der Waals surface area contributed by atoms with E-state index >= 15 is 0 Å². The molecular weight excluding hydrogens is 364 g/mol. The van der Waals surface area contributed by atoms with Crippen LogP contribution in [0.15, 0.2) is 54.6 Å². The van der Waals surface area contributed by atoms with E-state index in [1.54, 1.807) is 0 Å².